The van der Waals surface area contributed by atoms with Crippen molar-refractivity contribution in [3.05, 3.63) is 46.8 Å². The van der Waals surface area contributed by atoms with Crippen LogP contribution in [0.4, 0.5) is 14.5 Å². The molecule has 1 saturated heterocycles. The van der Waals surface area contributed by atoms with Crippen LogP contribution in [0.5, 0.6) is 0 Å². The molecule has 0 bridgehead atoms. The maximum atomic E-state index is 13.5. The lowest BCUT2D eigenvalue weighted by molar-refractivity contribution is -0.120. The van der Waals surface area contributed by atoms with Gasteiger partial charge in [0.15, 0.2) is 11.6 Å². The number of anilines is 1. The summed E-state index contributed by atoms with van der Waals surface area (Å²) in [7, 11) is -2.34. The fourth-order valence-electron chi connectivity index (χ4n) is 3.98. The quantitative estimate of drug-likeness (QED) is 0.637. The van der Waals surface area contributed by atoms with E-state index in [-0.39, 0.29) is 48.7 Å². The Kier molecular flexibility index (Phi) is 7.23. The van der Waals surface area contributed by atoms with E-state index in [1.54, 1.807) is 32.4 Å². The molecule has 1 aromatic carbocycles. The molecule has 3 rings (SSSR count). The van der Waals surface area contributed by atoms with Crippen LogP contribution in [-0.4, -0.2) is 48.9 Å². The fraction of sp³-hybridized carbons (Fsp3) is 0.455. The van der Waals surface area contributed by atoms with Crippen molar-refractivity contribution in [1.29, 1.82) is 0 Å². The normalized spacial score (nSPS) is 15.5. The Morgan fingerprint density at radius 3 is 2.33 bits per heavy atom. The second-order valence-corrected chi connectivity index (χ2v) is 9.83. The van der Waals surface area contributed by atoms with Crippen LogP contribution in [0.1, 0.15) is 41.5 Å². The summed E-state index contributed by atoms with van der Waals surface area (Å²) in [6, 6.07) is 3.07. The maximum absolute atomic E-state index is 13.5. The zero-order valence-corrected chi connectivity index (χ0v) is 19.8. The molecule has 1 aromatic heterocycles. The number of piperidine rings is 1. The summed E-state index contributed by atoms with van der Waals surface area (Å²) in [6.07, 6.45) is 0.489. The van der Waals surface area contributed by atoms with E-state index < -0.39 is 39.5 Å². The molecule has 0 atom stereocenters. The smallest absolute Gasteiger partial charge is 0.341 e. The molecule has 8 nitrogen and oxygen atoms in total. The third kappa shape index (κ3) is 4.79. The van der Waals surface area contributed by atoms with Gasteiger partial charge in [0.05, 0.1) is 6.61 Å². The largest absolute Gasteiger partial charge is 0.462 e. The summed E-state index contributed by atoms with van der Waals surface area (Å²) >= 11 is 0. The van der Waals surface area contributed by atoms with E-state index in [0.717, 1.165) is 12.1 Å². The number of ether oxygens (including phenoxy) is 1. The van der Waals surface area contributed by atoms with E-state index in [9.17, 15) is 26.8 Å². The number of benzene rings is 1. The van der Waals surface area contributed by atoms with Crippen molar-refractivity contribution in [1.82, 2.24) is 8.87 Å². The van der Waals surface area contributed by atoms with Crippen molar-refractivity contribution in [2.75, 3.05) is 25.0 Å². The van der Waals surface area contributed by atoms with Crippen LogP contribution in [-0.2, 0) is 26.6 Å². The van der Waals surface area contributed by atoms with Crippen LogP contribution >= 0.6 is 0 Å². The molecule has 180 valence electrons. The Morgan fingerprint density at radius 2 is 1.76 bits per heavy atom. The number of nitrogens with one attached hydrogen (secondary N) is 1. The average molecular weight is 484 g/mol. The first-order chi connectivity index (χ1) is 15.5. The molecule has 0 aliphatic carbocycles. The van der Waals surface area contributed by atoms with E-state index in [0.29, 0.717) is 11.4 Å². The molecule has 11 heteroatoms. The Bertz CT molecular complexity index is 1190. The van der Waals surface area contributed by atoms with E-state index in [4.69, 9.17) is 4.74 Å². The SMILES string of the molecule is CCOC(=O)c1c(S(=O)(=O)N2CCC(C(=O)Nc3ccc(F)c(F)c3)CC2)c(C)n(C)c1C. The Hall–Kier alpha value is -2.79. The number of aromatic nitrogens is 1. The summed E-state index contributed by atoms with van der Waals surface area (Å²) in [5.41, 5.74) is 1.07. The van der Waals surface area contributed by atoms with Gasteiger partial charge in [0.1, 0.15) is 10.5 Å². The van der Waals surface area contributed by atoms with Gasteiger partial charge < -0.3 is 14.6 Å². The van der Waals surface area contributed by atoms with E-state index in [1.165, 1.54) is 10.4 Å². The first kappa shape index (κ1) is 24.8. The molecule has 1 N–H and O–H groups in total. The van der Waals surface area contributed by atoms with Gasteiger partial charge in [-0.25, -0.2) is 22.0 Å². The standard InChI is InChI=1S/C22H27F2N3O5S/c1-5-32-22(29)19-13(2)26(4)14(3)20(19)33(30,31)27-10-8-15(9-11-27)21(28)25-16-6-7-17(23)18(24)12-16/h6-7,12,15H,5,8-11H2,1-4H3,(H,25,28). The zero-order valence-electron chi connectivity index (χ0n) is 18.9. The molecule has 0 spiro atoms. The molecule has 1 aliphatic rings. The number of halogens is 2. The van der Waals surface area contributed by atoms with Crippen LogP contribution in [0.2, 0.25) is 0 Å². The average Bonchev–Trinajstić information content (AvgIpc) is 3.01. The van der Waals surface area contributed by atoms with E-state index in [2.05, 4.69) is 5.32 Å². The summed E-state index contributed by atoms with van der Waals surface area (Å²) < 4.78 is 61.4. The number of sulfonamides is 1. The number of amides is 1. The van der Waals surface area contributed by atoms with Crippen LogP contribution < -0.4 is 5.32 Å². The molecular weight excluding hydrogens is 456 g/mol. The lowest BCUT2D eigenvalue weighted by Gasteiger charge is -2.30. The predicted molar refractivity (Wildman–Crippen MR) is 117 cm³/mol. The van der Waals surface area contributed by atoms with Gasteiger partial charge in [-0.15, -0.1) is 0 Å². The minimum Gasteiger partial charge on any atom is -0.462 e. The molecule has 1 fully saturated rings. The second kappa shape index (κ2) is 9.60. The third-order valence-electron chi connectivity index (χ3n) is 6.01. The second-order valence-electron chi connectivity index (χ2n) is 7.95. The van der Waals surface area contributed by atoms with Crippen molar-refractivity contribution >= 4 is 27.6 Å². The molecule has 0 saturated carbocycles. The lowest BCUT2D eigenvalue weighted by Crippen LogP contribution is -2.42. The number of hydrogen-bond acceptors (Lipinski definition) is 5. The van der Waals surface area contributed by atoms with Crippen molar-refractivity contribution < 1.29 is 31.5 Å². The third-order valence-corrected chi connectivity index (χ3v) is 8.07. The van der Waals surface area contributed by atoms with Crippen LogP contribution in [0.3, 0.4) is 0 Å². The zero-order chi connectivity index (χ0) is 24.5. The highest BCUT2D eigenvalue weighted by atomic mass is 32.2. The van der Waals surface area contributed by atoms with Gasteiger partial charge in [-0.3, -0.25) is 4.79 Å². The van der Waals surface area contributed by atoms with Crippen LogP contribution in [0, 0.1) is 31.4 Å². The number of nitrogens with zero attached hydrogens (tertiary/aromatic N) is 2. The predicted octanol–water partition coefficient (Wildman–Crippen LogP) is 3.14. The summed E-state index contributed by atoms with van der Waals surface area (Å²) in [6.45, 7) is 5.21. The summed E-state index contributed by atoms with van der Waals surface area (Å²) in [5, 5.41) is 2.54. The van der Waals surface area contributed by atoms with Gasteiger partial charge in [-0.2, -0.15) is 4.31 Å². The highest BCUT2D eigenvalue weighted by molar-refractivity contribution is 7.89. The lowest BCUT2D eigenvalue weighted by atomic mass is 9.97. The summed E-state index contributed by atoms with van der Waals surface area (Å²) in [4.78, 5) is 25.0. The first-order valence-electron chi connectivity index (χ1n) is 10.6. The number of hydrogen-bond donors (Lipinski definition) is 1. The minimum absolute atomic E-state index is 0.0232. The number of rotatable bonds is 6. The van der Waals surface area contributed by atoms with Crippen LogP contribution in [0.25, 0.3) is 0 Å². The van der Waals surface area contributed by atoms with Gasteiger partial charge in [0, 0.05) is 49.2 Å². The van der Waals surface area contributed by atoms with Crippen molar-refractivity contribution in [3.63, 3.8) is 0 Å². The van der Waals surface area contributed by atoms with Gasteiger partial charge >= 0.3 is 5.97 Å². The molecule has 0 radical (unpaired) electrons. The fourth-order valence-corrected chi connectivity index (χ4v) is 5.93. The van der Waals surface area contributed by atoms with Gasteiger partial charge in [-0.05, 0) is 45.7 Å². The summed E-state index contributed by atoms with van der Waals surface area (Å²) in [5.74, 6) is -3.66. The topological polar surface area (TPSA) is 97.7 Å². The number of carbonyl (C=O) groups is 2. The van der Waals surface area contributed by atoms with Gasteiger partial charge in [-0.1, -0.05) is 0 Å². The molecular formula is C22H27F2N3O5S. The van der Waals surface area contributed by atoms with Crippen molar-refractivity contribution in [2.24, 2.45) is 13.0 Å². The van der Waals surface area contributed by atoms with Crippen molar-refractivity contribution in [2.45, 2.75) is 38.5 Å². The molecule has 1 aliphatic heterocycles. The van der Waals surface area contributed by atoms with E-state index in [1.807, 2.05) is 0 Å². The molecule has 1 amide bonds. The number of carbonyl (C=O) groups excluding carboxylic acids is 2. The monoisotopic (exact) mass is 483 g/mol. The van der Waals surface area contributed by atoms with Gasteiger partial charge in [0.2, 0.25) is 15.9 Å². The molecule has 2 heterocycles. The Morgan fingerprint density at radius 1 is 1.12 bits per heavy atom. The molecule has 0 unspecified atom stereocenters. The maximum Gasteiger partial charge on any atom is 0.341 e. The van der Waals surface area contributed by atoms with Crippen molar-refractivity contribution in [3.8, 4) is 0 Å². The Balaban J connectivity index is 1.76. The van der Waals surface area contributed by atoms with Crippen LogP contribution in [0.15, 0.2) is 23.1 Å². The minimum atomic E-state index is -4.02. The first-order valence-corrected chi connectivity index (χ1v) is 12.0. The number of esters is 1. The highest BCUT2D eigenvalue weighted by Gasteiger charge is 2.38. The Labute approximate surface area is 191 Å². The highest BCUT2D eigenvalue weighted by Crippen LogP contribution is 2.32. The van der Waals surface area contributed by atoms with E-state index >= 15 is 0 Å². The molecule has 2 aromatic rings. The van der Waals surface area contributed by atoms with Gasteiger partial charge in [0.25, 0.3) is 0 Å². The molecule has 33 heavy (non-hydrogen) atoms.